The minimum Gasteiger partial charge on any atom is -0.496 e. The lowest BCUT2D eigenvalue weighted by Crippen LogP contribution is -2.20. The van der Waals surface area contributed by atoms with Crippen LogP contribution >= 0.6 is 0 Å². The van der Waals surface area contributed by atoms with Crippen LogP contribution in [-0.4, -0.2) is 27.5 Å². The van der Waals surface area contributed by atoms with Crippen LogP contribution in [0.3, 0.4) is 0 Å². The first-order chi connectivity index (χ1) is 9.39. The molecule has 0 heterocycles. The summed E-state index contributed by atoms with van der Waals surface area (Å²) in [5.41, 5.74) is 2.53. The minimum atomic E-state index is -2.84. The molecule has 0 unspecified atom stereocenters. The Morgan fingerprint density at radius 3 is 2.35 bits per heavy atom. The maximum absolute atomic E-state index is 11.4. The van der Waals surface area contributed by atoms with Gasteiger partial charge in [-0.25, -0.2) is 8.42 Å². The average molecular weight is 296 g/mol. The van der Waals surface area contributed by atoms with Crippen molar-refractivity contribution in [2.24, 2.45) is 5.92 Å². The summed E-state index contributed by atoms with van der Waals surface area (Å²) in [6.07, 6.45) is 5.55. The van der Waals surface area contributed by atoms with Gasteiger partial charge in [0.2, 0.25) is 0 Å². The van der Waals surface area contributed by atoms with Gasteiger partial charge in [0.05, 0.1) is 12.9 Å². The van der Waals surface area contributed by atoms with Gasteiger partial charge in [0.15, 0.2) is 0 Å². The van der Waals surface area contributed by atoms with E-state index in [1.807, 2.05) is 6.07 Å². The molecule has 0 radical (unpaired) electrons. The summed E-state index contributed by atoms with van der Waals surface area (Å²) in [5, 5.41) is 0. The van der Waals surface area contributed by atoms with Crippen LogP contribution in [0.15, 0.2) is 18.2 Å². The molecule has 0 spiro atoms. The zero-order valence-corrected chi connectivity index (χ0v) is 13.4. The molecule has 0 bridgehead atoms. The Labute approximate surface area is 122 Å². The Hall–Kier alpha value is -1.03. The van der Waals surface area contributed by atoms with Crippen molar-refractivity contribution in [3.8, 4) is 5.75 Å². The van der Waals surface area contributed by atoms with Crippen molar-refractivity contribution >= 4 is 9.84 Å². The smallest absolute Gasteiger partial charge is 0.147 e. The lowest BCUT2D eigenvalue weighted by Gasteiger charge is -2.28. The number of ether oxygens (including phenoxy) is 1. The first-order valence-corrected chi connectivity index (χ1v) is 9.27. The molecule has 0 N–H and O–H groups in total. The quantitative estimate of drug-likeness (QED) is 0.856. The summed E-state index contributed by atoms with van der Waals surface area (Å²) in [5.74, 6) is 2.19. The van der Waals surface area contributed by atoms with E-state index in [1.165, 1.54) is 17.4 Å². The van der Waals surface area contributed by atoms with E-state index in [4.69, 9.17) is 4.74 Å². The molecule has 4 heteroatoms. The molecule has 0 amide bonds. The molecule has 1 aromatic carbocycles. The van der Waals surface area contributed by atoms with Crippen LogP contribution in [-0.2, 0) is 9.84 Å². The summed E-state index contributed by atoms with van der Waals surface area (Å²) >= 11 is 0. The van der Waals surface area contributed by atoms with E-state index < -0.39 is 9.84 Å². The predicted octanol–water partition coefficient (Wildman–Crippen LogP) is 3.32. The molecular formula is C16H24O3S. The summed E-state index contributed by atoms with van der Waals surface area (Å²) in [6.45, 7) is 2.07. The van der Waals surface area contributed by atoms with Gasteiger partial charge >= 0.3 is 0 Å². The number of methoxy groups -OCH3 is 1. The number of hydrogen-bond donors (Lipinski definition) is 0. The van der Waals surface area contributed by atoms with E-state index in [9.17, 15) is 8.42 Å². The first kappa shape index (κ1) is 15.4. The Morgan fingerprint density at radius 2 is 1.85 bits per heavy atom. The van der Waals surface area contributed by atoms with Crippen molar-refractivity contribution in [1.29, 1.82) is 0 Å². The predicted molar refractivity (Wildman–Crippen MR) is 82.1 cm³/mol. The number of sulfone groups is 1. The average Bonchev–Trinajstić information content (AvgIpc) is 2.37. The minimum absolute atomic E-state index is 0.348. The highest BCUT2D eigenvalue weighted by molar-refractivity contribution is 7.90. The van der Waals surface area contributed by atoms with Crippen LogP contribution < -0.4 is 4.74 Å². The Morgan fingerprint density at radius 1 is 1.20 bits per heavy atom. The molecule has 0 atom stereocenters. The Balaban J connectivity index is 1.98. The van der Waals surface area contributed by atoms with E-state index in [2.05, 4.69) is 19.1 Å². The van der Waals surface area contributed by atoms with Crippen LogP contribution in [0.25, 0.3) is 0 Å². The highest BCUT2D eigenvalue weighted by atomic mass is 32.2. The molecule has 0 aliphatic heterocycles. The van der Waals surface area contributed by atoms with Crippen LogP contribution in [0.2, 0.25) is 0 Å². The molecule has 3 nitrogen and oxygen atoms in total. The van der Waals surface area contributed by atoms with Crippen LogP contribution in [0.5, 0.6) is 5.75 Å². The second kappa shape index (κ2) is 6.17. The third-order valence-electron chi connectivity index (χ3n) is 4.28. The standard InChI is InChI=1S/C16H24O3S/c1-12-10-15(8-9-16(12)19-2)14-6-4-13(5-7-14)11-20(3,17)18/h8-10,13-14H,4-7,11H2,1-3H3/t13-,14-. The topological polar surface area (TPSA) is 43.4 Å². The molecule has 1 aliphatic rings. The van der Waals surface area contributed by atoms with Gasteiger partial charge in [0, 0.05) is 6.26 Å². The van der Waals surface area contributed by atoms with Gasteiger partial charge in [0.1, 0.15) is 15.6 Å². The van der Waals surface area contributed by atoms with E-state index in [0.717, 1.165) is 31.4 Å². The number of rotatable bonds is 4. The van der Waals surface area contributed by atoms with Crippen molar-refractivity contribution in [3.63, 3.8) is 0 Å². The second-order valence-corrected chi connectivity index (χ2v) is 8.22. The highest BCUT2D eigenvalue weighted by Crippen LogP contribution is 2.37. The van der Waals surface area contributed by atoms with Gasteiger partial charge in [-0.3, -0.25) is 0 Å². The van der Waals surface area contributed by atoms with Gasteiger partial charge in [-0.05, 0) is 61.6 Å². The normalized spacial score (nSPS) is 23.6. The first-order valence-electron chi connectivity index (χ1n) is 7.21. The van der Waals surface area contributed by atoms with Gasteiger partial charge in [-0.15, -0.1) is 0 Å². The molecule has 20 heavy (non-hydrogen) atoms. The fourth-order valence-corrected chi connectivity index (χ4v) is 4.44. The molecule has 1 saturated carbocycles. The van der Waals surface area contributed by atoms with E-state index >= 15 is 0 Å². The third kappa shape index (κ3) is 3.98. The molecule has 1 aromatic rings. The molecule has 0 aromatic heterocycles. The van der Waals surface area contributed by atoms with Gasteiger partial charge in [0.25, 0.3) is 0 Å². The van der Waals surface area contributed by atoms with Gasteiger partial charge in [-0.1, -0.05) is 12.1 Å². The monoisotopic (exact) mass is 296 g/mol. The zero-order valence-electron chi connectivity index (χ0n) is 12.6. The zero-order chi connectivity index (χ0) is 14.8. The van der Waals surface area contributed by atoms with E-state index in [1.54, 1.807) is 7.11 Å². The fraction of sp³-hybridized carbons (Fsp3) is 0.625. The molecule has 0 saturated heterocycles. The van der Waals surface area contributed by atoms with Crippen LogP contribution in [0.4, 0.5) is 0 Å². The lowest BCUT2D eigenvalue weighted by atomic mass is 9.79. The van der Waals surface area contributed by atoms with Gasteiger partial charge in [-0.2, -0.15) is 0 Å². The molecule has 112 valence electrons. The summed E-state index contributed by atoms with van der Waals surface area (Å²) < 4.78 is 28.0. The van der Waals surface area contributed by atoms with Crippen molar-refractivity contribution in [2.75, 3.05) is 19.1 Å². The molecule has 1 aliphatic carbocycles. The van der Waals surface area contributed by atoms with Gasteiger partial charge < -0.3 is 4.74 Å². The number of benzene rings is 1. The largest absolute Gasteiger partial charge is 0.496 e. The number of hydrogen-bond acceptors (Lipinski definition) is 3. The van der Waals surface area contributed by atoms with E-state index in [0.29, 0.717) is 17.6 Å². The maximum atomic E-state index is 11.4. The third-order valence-corrected chi connectivity index (χ3v) is 5.35. The van der Waals surface area contributed by atoms with Crippen molar-refractivity contribution in [1.82, 2.24) is 0 Å². The fourth-order valence-electron chi connectivity index (χ4n) is 3.25. The second-order valence-electron chi connectivity index (χ2n) is 6.04. The maximum Gasteiger partial charge on any atom is 0.147 e. The van der Waals surface area contributed by atoms with E-state index in [-0.39, 0.29) is 0 Å². The van der Waals surface area contributed by atoms with Crippen molar-refractivity contribution in [2.45, 2.75) is 38.5 Å². The molecular weight excluding hydrogens is 272 g/mol. The highest BCUT2D eigenvalue weighted by Gasteiger charge is 2.25. The Bertz CT molecular complexity index is 555. The molecule has 2 rings (SSSR count). The van der Waals surface area contributed by atoms with Crippen LogP contribution in [0.1, 0.15) is 42.7 Å². The lowest BCUT2D eigenvalue weighted by molar-refractivity contribution is 0.348. The Kier molecular flexibility index (Phi) is 4.74. The number of aryl methyl sites for hydroxylation is 1. The summed E-state index contributed by atoms with van der Waals surface area (Å²) in [7, 11) is -1.15. The summed E-state index contributed by atoms with van der Waals surface area (Å²) in [6, 6.07) is 6.39. The van der Waals surface area contributed by atoms with Crippen molar-refractivity contribution in [3.05, 3.63) is 29.3 Å². The van der Waals surface area contributed by atoms with Crippen molar-refractivity contribution < 1.29 is 13.2 Å². The summed E-state index contributed by atoms with van der Waals surface area (Å²) in [4.78, 5) is 0. The van der Waals surface area contributed by atoms with Crippen LogP contribution in [0, 0.1) is 12.8 Å². The SMILES string of the molecule is COc1ccc([C@H]2CC[C@H](CS(C)(=O)=O)CC2)cc1C. The molecule has 1 fully saturated rings.